The molecule has 0 aromatic carbocycles. The lowest BCUT2D eigenvalue weighted by Crippen LogP contribution is -2.33. The van der Waals surface area contributed by atoms with Crippen LogP contribution in [0.3, 0.4) is 0 Å². The van der Waals surface area contributed by atoms with E-state index in [0.717, 1.165) is 38.6 Å². The molecule has 0 aromatic heterocycles. The summed E-state index contributed by atoms with van der Waals surface area (Å²) in [6.07, 6.45) is 13.9. The first kappa shape index (κ1) is 15.7. The minimum absolute atomic E-state index is 0.292. The van der Waals surface area contributed by atoms with E-state index in [1.54, 1.807) is 0 Å². The second-order valence-corrected chi connectivity index (χ2v) is 5.29. The van der Waals surface area contributed by atoms with E-state index in [1.165, 1.54) is 5.57 Å². The number of unbranched alkanes of at least 4 members (excludes halogenated alkanes) is 1. The second-order valence-electron chi connectivity index (χ2n) is 5.29. The van der Waals surface area contributed by atoms with Gasteiger partial charge in [-0.05, 0) is 39.0 Å². The zero-order valence-corrected chi connectivity index (χ0v) is 12.4. The van der Waals surface area contributed by atoms with Gasteiger partial charge in [-0.1, -0.05) is 36.8 Å². The van der Waals surface area contributed by atoms with E-state index in [1.807, 2.05) is 11.0 Å². The molecule has 106 valence electrons. The standard InChI is InChI=1S/C17H27NO/c1-4-6-7-8-9-10-15(3)14-18(13-5-2)17(19)16-11-12-16/h5-7,10,16H,2,4,8-9,11-14H2,1,3H3. The molecule has 0 atom stereocenters. The van der Waals surface area contributed by atoms with Crippen LogP contribution < -0.4 is 0 Å². The first-order valence-corrected chi connectivity index (χ1v) is 7.39. The smallest absolute Gasteiger partial charge is 0.226 e. The molecule has 1 aliphatic rings. The summed E-state index contributed by atoms with van der Waals surface area (Å²) in [7, 11) is 0. The molecule has 0 spiro atoms. The highest BCUT2D eigenvalue weighted by Gasteiger charge is 2.32. The molecule has 1 aliphatic carbocycles. The molecule has 1 fully saturated rings. The molecule has 2 heteroatoms. The fourth-order valence-corrected chi connectivity index (χ4v) is 2.05. The summed E-state index contributed by atoms with van der Waals surface area (Å²) >= 11 is 0. The van der Waals surface area contributed by atoms with Crippen molar-refractivity contribution in [2.24, 2.45) is 5.92 Å². The molecule has 2 nitrogen and oxygen atoms in total. The number of hydrogen-bond donors (Lipinski definition) is 0. The Labute approximate surface area is 117 Å². The van der Waals surface area contributed by atoms with Crippen molar-refractivity contribution >= 4 is 5.91 Å². The van der Waals surface area contributed by atoms with Gasteiger partial charge in [0.15, 0.2) is 0 Å². The van der Waals surface area contributed by atoms with Crippen LogP contribution in [-0.4, -0.2) is 23.9 Å². The number of allylic oxidation sites excluding steroid dienone is 3. The van der Waals surface area contributed by atoms with Crippen LogP contribution in [0.1, 0.15) is 46.0 Å². The van der Waals surface area contributed by atoms with Gasteiger partial charge in [0.2, 0.25) is 5.91 Å². The molecule has 1 saturated carbocycles. The minimum Gasteiger partial charge on any atom is -0.335 e. The van der Waals surface area contributed by atoms with Crippen molar-refractivity contribution in [2.45, 2.75) is 46.0 Å². The fraction of sp³-hybridized carbons (Fsp3) is 0.588. The molecule has 0 heterocycles. The normalized spacial score (nSPS) is 15.8. The van der Waals surface area contributed by atoms with Gasteiger partial charge in [-0.25, -0.2) is 0 Å². The van der Waals surface area contributed by atoms with E-state index in [0.29, 0.717) is 18.4 Å². The molecule has 0 aromatic rings. The van der Waals surface area contributed by atoms with Gasteiger partial charge in [0.05, 0.1) is 0 Å². The van der Waals surface area contributed by atoms with Crippen LogP contribution in [0.5, 0.6) is 0 Å². The Morgan fingerprint density at radius 1 is 1.32 bits per heavy atom. The summed E-state index contributed by atoms with van der Waals surface area (Å²) in [5.41, 5.74) is 1.28. The molecule has 0 aliphatic heterocycles. The zero-order valence-electron chi connectivity index (χ0n) is 12.4. The van der Waals surface area contributed by atoms with E-state index in [4.69, 9.17) is 0 Å². The van der Waals surface area contributed by atoms with E-state index in [-0.39, 0.29) is 0 Å². The summed E-state index contributed by atoms with van der Waals surface area (Å²) in [6, 6.07) is 0. The summed E-state index contributed by atoms with van der Waals surface area (Å²) in [5.74, 6) is 0.596. The highest BCUT2D eigenvalue weighted by Crippen LogP contribution is 2.31. The molecule has 0 radical (unpaired) electrons. The summed E-state index contributed by atoms with van der Waals surface area (Å²) in [5, 5.41) is 0. The van der Waals surface area contributed by atoms with Crippen molar-refractivity contribution in [1.82, 2.24) is 4.90 Å². The van der Waals surface area contributed by atoms with Gasteiger partial charge in [0.1, 0.15) is 0 Å². The van der Waals surface area contributed by atoms with Crippen molar-refractivity contribution in [3.8, 4) is 0 Å². The van der Waals surface area contributed by atoms with E-state index in [2.05, 4.69) is 38.7 Å². The summed E-state index contributed by atoms with van der Waals surface area (Å²) < 4.78 is 0. The number of hydrogen-bond acceptors (Lipinski definition) is 1. The van der Waals surface area contributed by atoms with Crippen molar-refractivity contribution < 1.29 is 4.79 Å². The van der Waals surface area contributed by atoms with Crippen LogP contribution in [0, 0.1) is 5.92 Å². The Balaban J connectivity index is 2.38. The lowest BCUT2D eigenvalue weighted by molar-refractivity contribution is -0.131. The van der Waals surface area contributed by atoms with Gasteiger partial charge >= 0.3 is 0 Å². The highest BCUT2D eigenvalue weighted by atomic mass is 16.2. The number of carbonyl (C=O) groups excluding carboxylic acids is 1. The summed E-state index contributed by atoms with van der Waals surface area (Å²) in [6.45, 7) is 9.41. The van der Waals surface area contributed by atoms with E-state index >= 15 is 0 Å². The predicted molar refractivity (Wildman–Crippen MR) is 81.9 cm³/mol. The molecule has 0 unspecified atom stereocenters. The Kier molecular flexibility index (Phi) is 7.24. The minimum atomic E-state index is 0.292. The number of carbonyl (C=O) groups is 1. The number of amides is 1. The topological polar surface area (TPSA) is 20.3 Å². The zero-order chi connectivity index (χ0) is 14.1. The van der Waals surface area contributed by atoms with Crippen LogP contribution in [0.4, 0.5) is 0 Å². The van der Waals surface area contributed by atoms with Crippen LogP contribution in [0.2, 0.25) is 0 Å². The largest absolute Gasteiger partial charge is 0.335 e. The maximum atomic E-state index is 12.1. The average Bonchev–Trinajstić information content (AvgIpc) is 3.21. The van der Waals surface area contributed by atoms with Crippen molar-refractivity contribution in [1.29, 1.82) is 0 Å². The Morgan fingerprint density at radius 2 is 2.05 bits per heavy atom. The van der Waals surface area contributed by atoms with Crippen molar-refractivity contribution in [3.63, 3.8) is 0 Å². The molecular formula is C17H27NO. The van der Waals surface area contributed by atoms with Gasteiger partial charge < -0.3 is 4.90 Å². The number of nitrogens with zero attached hydrogens (tertiary/aromatic N) is 1. The quantitative estimate of drug-likeness (QED) is 0.452. The molecule has 1 rings (SSSR count). The predicted octanol–water partition coefficient (Wildman–Crippen LogP) is 4.10. The third kappa shape index (κ3) is 6.42. The molecule has 0 saturated heterocycles. The lowest BCUT2D eigenvalue weighted by atomic mass is 10.2. The lowest BCUT2D eigenvalue weighted by Gasteiger charge is -2.21. The van der Waals surface area contributed by atoms with Crippen LogP contribution in [-0.2, 0) is 4.79 Å². The Bertz CT molecular complexity index is 350. The highest BCUT2D eigenvalue weighted by molar-refractivity contribution is 5.81. The maximum Gasteiger partial charge on any atom is 0.226 e. The Hall–Kier alpha value is -1.31. The monoisotopic (exact) mass is 261 g/mol. The van der Waals surface area contributed by atoms with E-state index in [9.17, 15) is 4.79 Å². The van der Waals surface area contributed by atoms with Crippen molar-refractivity contribution in [2.75, 3.05) is 13.1 Å². The van der Waals surface area contributed by atoms with Gasteiger partial charge in [-0.3, -0.25) is 4.79 Å². The second kappa shape index (κ2) is 8.73. The molecule has 0 N–H and O–H groups in total. The van der Waals surface area contributed by atoms with Crippen LogP contribution >= 0.6 is 0 Å². The first-order valence-electron chi connectivity index (χ1n) is 7.39. The average molecular weight is 261 g/mol. The molecule has 19 heavy (non-hydrogen) atoms. The van der Waals surface area contributed by atoms with Crippen LogP contribution in [0.15, 0.2) is 36.5 Å². The maximum absolute atomic E-state index is 12.1. The molecule has 1 amide bonds. The van der Waals surface area contributed by atoms with Crippen molar-refractivity contribution in [3.05, 3.63) is 36.5 Å². The van der Waals surface area contributed by atoms with Gasteiger partial charge in [0.25, 0.3) is 0 Å². The van der Waals surface area contributed by atoms with Gasteiger partial charge in [0, 0.05) is 19.0 Å². The third-order valence-corrected chi connectivity index (χ3v) is 3.26. The number of rotatable bonds is 9. The summed E-state index contributed by atoms with van der Waals surface area (Å²) in [4.78, 5) is 14.0. The molecular weight excluding hydrogens is 234 g/mol. The Morgan fingerprint density at radius 3 is 2.63 bits per heavy atom. The van der Waals surface area contributed by atoms with Crippen LogP contribution in [0.25, 0.3) is 0 Å². The fourth-order valence-electron chi connectivity index (χ4n) is 2.05. The SMILES string of the molecule is C=CCN(CC(C)=CCCC=CCC)C(=O)C1CC1. The molecule has 0 bridgehead atoms. The van der Waals surface area contributed by atoms with E-state index < -0.39 is 0 Å². The van der Waals surface area contributed by atoms with Gasteiger partial charge in [-0.15, -0.1) is 6.58 Å². The third-order valence-electron chi connectivity index (χ3n) is 3.26. The van der Waals surface area contributed by atoms with Gasteiger partial charge in [-0.2, -0.15) is 0 Å². The first-order chi connectivity index (χ1) is 9.19.